The fraction of sp³-hybridized carbons (Fsp3) is 0.465. The number of nitrogens with zero attached hydrogens (tertiary/aromatic N) is 2. The second kappa shape index (κ2) is 19.7. The van der Waals surface area contributed by atoms with Crippen molar-refractivity contribution in [2.75, 3.05) is 47.1 Å². The summed E-state index contributed by atoms with van der Waals surface area (Å²) in [4.78, 5) is 62.8. The Morgan fingerprint density at radius 3 is 1.78 bits per heavy atom. The average molecular weight is 805 g/mol. The molecule has 1 atom stereocenters. The first-order valence-electron chi connectivity index (χ1n) is 19.1. The van der Waals surface area contributed by atoms with Gasteiger partial charge in [-0.3, -0.25) is 19.6 Å². The third kappa shape index (κ3) is 11.9. The van der Waals surface area contributed by atoms with Crippen molar-refractivity contribution in [1.82, 2.24) is 20.6 Å². The van der Waals surface area contributed by atoms with Gasteiger partial charge in [0.05, 0.1) is 38.4 Å². The molecule has 6 rings (SSSR count). The summed E-state index contributed by atoms with van der Waals surface area (Å²) >= 11 is 0. The number of esters is 2. The number of hydroxylamine groups is 1. The van der Waals surface area contributed by atoms with Crippen molar-refractivity contribution in [2.24, 2.45) is 10.8 Å². The van der Waals surface area contributed by atoms with Crippen molar-refractivity contribution in [2.45, 2.75) is 74.2 Å². The maximum Gasteiger partial charge on any atom is 0.337 e. The molecular formula is C43H56N4O11. The number of amides is 3. The van der Waals surface area contributed by atoms with Crippen LogP contribution in [-0.4, -0.2) is 97.8 Å². The molecule has 15 nitrogen and oxygen atoms in total. The van der Waals surface area contributed by atoms with Crippen LogP contribution in [0.4, 0.5) is 0 Å². The van der Waals surface area contributed by atoms with E-state index in [9.17, 15) is 24.0 Å². The lowest BCUT2D eigenvalue weighted by Gasteiger charge is -2.29. The highest BCUT2D eigenvalue weighted by Crippen LogP contribution is 2.30. The molecule has 3 N–H and O–H groups in total. The molecule has 3 heterocycles. The summed E-state index contributed by atoms with van der Waals surface area (Å²) < 4.78 is 26.4. The number of nitrogens with one attached hydrogen (secondary N) is 2. The van der Waals surface area contributed by atoms with Crippen LogP contribution in [0.3, 0.4) is 0 Å². The zero-order chi connectivity index (χ0) is 42.8. The van der Waals surface area contributed by atoms with E-state index in [0.29, 0.717) is 67.6 Å². The van der Waals surface area contributed by atoms with Crippen molar-refractivity contribution < 1.29 is 52.9 Å². The molecular weight excluding hydrogens is 748 g/mol. The van der Waals surface area contributed by atoms with Gasteiger partial charge in [-0.2, -0.15) is 0 Å². The topological polar surface area (TPSA) is 182 Å². The fourth-order valence-electron chi connectivity index (χ4n) is 6.26. The molecule has 3 aliphatic rings. The van der Waals surface area contributed by atoms with Gasteiger partial charge in [-0.1, -0.05) is 59.7 Å². The monoisotopic (exact) mass is 804 g/mol. The van der Waals surface area contributed by atoms with Gasteiger partial charge in [0.2, 0.25) is 11.8 Å². The largest absolute Gasteiger partial charge is 0.492 e. The van der Waals surface area contributed by atoms with Gasteiger partial charge in [0, 0.05) is 59.3 Å². The van der Waals surface area contributed by atoms with Crippen LogP contribution in [0, 0.1) is 10.8 Å². The lowest BCUT2D eigenvalue weighted by Crippen LogP contribution is -2.42. The molecule has 0 bridgehead atoms. The van der Waals surface area contributed by atoms with E-state index in [1.807, 2.05) is 65.5 Å². The number of ether oxygens (including phenoxy) is 5. The highest BCUT2D eigenvalue weighted by atomic mass is 16.5. The van der Waals surface area contributed by atoms with E-state index in [0.717, 1.165) is 35.5 Å². The molecule has 0 saturated carbocycles. The van der Waals surface area contributed by atoms with E-state index in [1.165, 1.54) is 14.2 Å². The number of carbonyl (C=O) groups excluding carboxylic acids is 5. The second-order valence-corrected chi connectivity index (χ2v) is 16.1. The number of rotatable bonds is 3. The minimum atomic E-state index is -0.590. The van der Waals surface area contributed by atoms with Gasteiger partial charge in [0.25, 0.3) is 5.91 Å². The standard InChI is InChI=1S/C17H23NO4.C15H20N2O4.C11H13NO3/c1-11-9-18(16(20)17(2,3)4)10-13-7-6-12(15(19)21-5)8-14(13)22-11;1-15(2,3)14(19)17-6-7-21-12-8-10(13(18)16-20)4-5-11(12)9-17;1-14-11(13)8-2-3-9-7-12-4-5-15-10(9)6-8/h6-8,11H,9-10H2,1-5H3;4-5,8,20H,6-7,9H2,1-3H3,(H,16,18);2-3,6,12H,4-5,7H2,1H3/t11-;;/m1../s1. The number of methoxy groups -OCH3 is 2. The first-order valence-corrected chi connectivity index (χ1v) is 19.1. The Labute approximate surface area is 339 Å². The molecule has 0 saturated heterocycles. The van der Waals surface area contributed by atoms with Crippen molar-refractivity contribution in [1.29, 1.82) is 0 Å². The predicted molar refractivity (Wildman–Crippen MR) is 214 cm³/mol. The molecule has 3 amide bonds. The van der Waals surface area contributed by atoms with Gasteiger partial charge in [0.15, 0.2) is 0 Å². The van der Waals surface area contributed by atoms with Gasteiger partial charge in [0.1, 0.15) is 36.6 Å². The summed E-state index contributed by atoms with van der Waals surface area (Å²) in [6, 6.07) is 15.5. The van der Waals surface area contributed by atoms with Crippen molar-refractivity contribution >= 4 is 29.7 Å². The van der Waals surface area contributed by atoms with Gasteiger partial charge in [-0.25, -0.2) is 15.1 Å². The van der Waals surface area contributed by atoms with Crippen molar-refractivity contribution in [3.8, 4) is 17.2 Å². The lowest BCUT2D eigenvalue weighted by atomic mass is 9.94. The maximum absolute atomic E-state index is 12.5. The summed E-state index contributed by atoms with van der Waals surface area (Å²) in [5.41, 5.74) is 4.81. The van der Waals surface area contributed by atoms with Crippen LogP contribution in [0.5, 0.6) is 17.2 Å². The number of carbonyl (C=O) groups is 5. The zero-order valence-corrected chi connectivity index (χ0v) is 34.9. The Morgan fingerprint density at radius 2 is 1.19 bits per heavy atom. The number of benzene rings is 3. The fourth-order valence-corrected chi connectivity index (χ4v) is 6.26. The molecule has 0 aliphatic carbocycles. The third-order valence-corrected chi connectivity index (χ3v) is 9.26. The maximum atomic E-state index is 12.5. The highest BCUT2D eigenvalue weighted by Gasteiger charge is 2.32. The van der Waals surface area contributed by atoms with Crippen LogP contribution in [0.1, 0.15) is 96.2 Å². The van der Waals surface area contributed by atoms with Crippen LogP contribution in [-0.2, 0) is 38.7 Å². The molecule has 0 aromatic heterocycles. The first-order chi connectivity index (χ1) is 27.4. The molecule has 314 valence electrons. The Bertz CT molecular complexity index is 1970. The summed E-state index contributed by atoms with van der Waals surface area (Å²) in [5.74, 6) is 0.810. The Morgan fingerprint density at radius 1 is 0.707 bits per heavy atom. The minimum Gasteiger partial charge on any atom is -0.492 e. The highest BCUT2D eigenvalue weighted by molar-refractivity contribution is 5.94. The second-order valence-electron chi connectivity index (χ2n) is 16.1. The van der Waals surface area contributed by atoms with E-state index in [1.54, 1.807) is 52.8 Å². The molecule has 0 unspecified atom stereocenters. The Hall–Kier alpha value is -5.67. The van der Waals surface area contributed by atoms with Gasteiger partial charge in [-0.05, 0) is 43.3 Å². The Balaban J connectivity index is 0.000000196. The quantitative estimate of drug-likeness (QED) is 0.180. The predicted octanol–water partition coefficient (Wildman–Crippen LogP) is 5.16. The van der Waals surface area contributed by atoms with E-state index in [4.69, 9.17) is 24.2 Å². The summed E-state index contributed by atoms with van der Waals surface area (Å²) in [6.45, 7) is 17.9. The van der Waals surface area contributed by atoms with Crippen LogP contribution in [0.2, 0.25) is 0 Å². The molecule has 15 heteroatoms. The van der Waals surface area contributed by atoms with E-state index in [2.05, 4.69) is 10.1 Å². The van der Waals surface area contributed by atoms with E-state index in [-0.39, 0.29) is 23.9 Å². The van der Waals surface area contributed by atoms with Crippen LogP contribution < -0.4 is 25.0 Å². The van der Waals surface area contributed by atoms with Gasteiger partial charge in [-0.15, -0.1) is 0 Å². The van der Waals surface area contributed by atoms with Crippen LogP contribution in [0.25, 0.3) is 0 Å². The van der Waals surface area contributed by atoms with Gasteiger partial charge >= 0.3 is 11.9 Å². The molecule has 58 heavy (non-hydrogen) atoms. The number of fused-ring (bicyclic) bond motifs is 3. The van der Waals surface area contributed by atoms with E-state index >= 15 is 0 Å². The average Bonchev–Trinajstić information content (AvgIpc) is 3.64. The van der Waals surface area contributed by atoms with Crippen molar-refractivity contribution in [3.05, 3.63) is 88.0 Å². The molecule has 3 aromatic carbocycles. The van der Waals surface area contributed by atoms with E-state index < -0.39 is 22.7 Å². The van der Waals surface area contributed by atoms with Gasteiger partial charge < -0.3 is 38.8 Å². The molecule has 0 radical (unpaired) electrons. The normalized spacial score (nSPS) is 16.0. The lowest BCUT2D eigenvalue weighted by molar-refractivity contribution is -0.141. The zero-order valence-electron chi connectivity index (χ0n) is 34.9. The minimum absolute atomic E-state index is 0.0659. The summed E-state index contributed by atoms with van der Waals surface area (Å²) in [7, 11) is 2.72. The Kier molecular flexibility index (Phi) is 15.3. The first kappa shape index (κ1) is 45.0. The summed E-state index contributed by atoms with van der Waals surface area (Å²) in [6.07, 6.45) is -0.138. The number of hydrogen-bond donors (Lipinski definition) is 3. The van der Waals surface area contributed by atoms with Crippen LogP contribution in [0.15, 0.2) is 54.6 Å². The molecule has 3 aromatic rings. The molecule has 3 aliphatic heterocycles. The SMILES string of the molecule is CC(C)(C)C(=O)N1CCOc2cc(C(=O)NO)ccc2C1.COC(=O)c1ccc2c(c1)OCCNC2.COC(=O)c1ccc2c(c1)O[C@H](C)CN(C(=O)C(C)(C)C)C2. The van der Waals surface area contributed by atoms with Crippen LogP contribution >= 0.6 is 0 Å². The molecule has 0 spiro atoms. The summed E-state index contributed by atoms with van der Waals surface area (Å²) in [5, 5.41) is 11.9. The smallest absolute Gasteiger partial charge is 0.337 e. The third-order valence-electron chi connectivity index (χ3n) is 9.26. The molecule has 0 fully saturated rings. The number of hydrogen-bond acceptors (Lipinski definition) is 12. The van der Waals surface area contributed by atoms with Crippen molar-refractivity contribution in [3.63, 3.8) is 0 Å².